The molecule has 2 aliphatic heterocycles. The summed E-state index contributed by atoms with van der Waals surface area (Å²) in [6, 6.07) is 6.35. The van der Waals surface area contributed by atoms with Crippen molar-refractivity contribution in [2.75, 3.05) is 13.1 Å². The quantitative estimate of drug-likeness (QED) is 0.490. The van der Waals surface area contributed by atoms with Crippen LogP contribution in [0.4, 0.5) is 4.79 Å². The summed E-state index contributed by atoms with van der Waals surface area (Å²) in [6.45, 7) is 1.36. The van der Waals surface area contributed by atoms with Gasteiger partial charge < -0.3 is 25.7 Å². The minimum Gasteiger partial charge on any atom is -0.481 e. The zero-order valence-electron chi connectivity index (χ0n) is 16.9. The van der Waals surface area contributed by atoms with Gasteiger partial charge >= 0.3 is 12.1 Å². The molecular weight excluding hydrogens is 408 g/mol. The fourth-order valence-corrected chi connectivity index (χ4v) is 3.83. The summed E-state index contributed by atoms with van der Waals surface area (Å²) in [7, 11) is 0. The van der Waals surface area contributed by atoms with Crippen LogP contribution in [0.15, 0.2) is 30.3 Å². The Hall–Kier alpha value is -3.63. The fourth-order valence-electron chi connectivity index (χ4n) is 3.83. The molecule has 4 atom stereocenters. The highest BCUT2D eigenvalue weighted by molar-refractivity contribution is 5.99. The lowest BCUT2D eigenvalue weighted by molar-refractivity contribution is -0.146. The van der Waals surface area contributed by atoms with E-state index in [2.05, 4.69) is 10.6 Å². The summed E-state index contributed by atoms with van der Waals surface area (Å²) in [4.78, 5) is 63.1. The number of carbonyl (C=O) groups excluding carboxylic acids is 3. The van der Waals surface area contributed by atoms with E-state index < -0.39 is 54.0 Å². The Morgan fingerprint density at radius 3 is 2.45 bits per heavy atom. The molecule has 4 amide bonds. The number of fused-ring (bicyclic) bond motifs is 1. The van der Waals surface area contributed by atoms with Crippen LogP contribution in [0, 0.1) is 5.92 Å². The highest BCUT2D eigenvalue weighted by atomic mass is 16.4. The van der Waals surface area contributed by atoms with Gasteiger partial charge in [0.25, 0.3) is 5.91 Å². The van der Waals surface area contributed by atoms with Gasteiger partial charge in [0.05, 0.1) is 5.92 Å². The molecule has 3 rings (SSSR count). The third kappa shape index (κ3) is 4.60. The summed E-state index contributed by atoms with van der Waals surface area (Å²) in [5.74, 6) is -3.46. The summed E-state index contributed by atoms with van der Waals surface area (Å²) in [6.07, 6.45) is -2.04. The van der Waals surface area contributed by atoms with Crippen LogP contribution in [0.5, 0.6) is 0 Å². The lowest BCUT2D eigenvalue weighted by Crippen LogP contribution is -2.62. The van der Waals surface area contributed by atoms with E-state index in [-0.39, 0.29) is 25.9 Å². The number of nitrogens with zero attached hydrogens (tertiary/aromatic N) is 2. The van der Waals surface area contributed by atoms with Crippen molar-refractivity contribution in [3.8, 4) is 0 Å². The van der Waals surface area contributed by atoms with Gasteiger partial charge in [0, 0.05) is 25.1 Å². The maximum atomic E-state index is 13.1. The number of benzene rings is 1. The highest BCUT2D eigenvalue weighted by Gasteiger charge is 2.51. The predicted molar refractivity (Wildman–Crippen MR) is 106 cm³/mol. The Morgan fingerprint density at radius 1 is 1.16 bits per heavy atom. The van der Waals surface area contributed by atoms with E-state index in [0.29, 0.717) is 5.56 Å². The average Bonchev–Trinajstić information content (AvgIpc) is 3.07. The van der Waals surface area contributed by atoms with Crippen LogP contribution in [0.3, 0.4) is 0 Å². The molecule has 2 aliphatic rings. The van der Waals surface area contributed by atoms with Crippen molar-refractivity contribution in [2.24, 2.45) is 5.92 Å². The lowest BCUT2D eigenvalue weighted by Gasteiger charge is -2.42. The predicted octanol–water partition coefficient (Wildman–Crippen LogP) is -0.0674. The SMILES string of the molecule is CC(CNC(=O)C1CCN(C(=O)O)C2CC(NC(=O)c3ccccc3)C(=O)N12)C(=O)O. The molecular formula is C20H24N4O7. The lowest BCUT2D eigenvalue weighted by atomic mass is 10.1. The van der Waals surface area contributed by atoms with Crippen LogP contribution in [0.2, 0.25) is 0 Å². The van der Waals surface area contributed by atoms with Gasteiger partial charge in [-0.3, -0.25) is 24.1 Å². The number of hydrogen-bond acceptors (Lipinski definition) is 5. The van der Waals surface area contributed by atoms with Gasteiger partial charge in [0.2, 0.25) is 11.8 Å². The molecule has 0 radical (unpaired) electrons. The Morgan fingerprint density at radius 2 is 1.84 bits per heavy atom. The Kier molecular flexibility index (Phi) is 6.42. The number of rotatable bonds is 6. The topological polar surface area (TPSA) is 156 Å². The molecule has 0 aliphatic carbocycles. The molecule has 2 saturated heterocycles. The van der Waals surface area contributed by atoms with Crippen molar-refractivity contribution in [1.29, 1.82) is 0 Å². The van der Waals surface area contributed by atoms with Crippen molar-refractivity contribution in [1.82, 2.24) is 20.4 Å². The Balaban J connectivity index is 1.76. The van der Waals surface area contributed by atoms with Crippen molar-refractivity contribution in [3.63, 3.8) is 0 Å². The van der Waals surface area contributed by atoms with Gasteiger partial charge in [-0.25, -0.2) is 4.79 Å². The zero-order chi connectivity index (χ0) is 22.7. The van der Waals surface area contributed by atoms with Gasteiger partial charge in [-0.15, -0.1) is 0 Å². The number of carbonyl (C=O) groups is 5. The first-order valence-electron chi connectivity index (χ1n) is 9.89. The minimum atomic E-state index is -1.23. The average molecular weight is 432 g/mol. The van der Waals surface area contributed by atoms with Gasteiger partial charge in [0.1, 0.15) is 18.2 Å². The monoisotopic (exact) mass is 432 g/mol. The summed E-state index contributed by atoms with van der Waals surface area (Å²) >= 11 is 0. The van der Waals surface area contributed by atoms with Crippen LogP contribution in [-0.4, -0.2) is 81.1 Å². The van der Waals surface area contributed by atoms with Gasteiger partial charge in [0.15, 0.2) is 0 Å². The molecule has 4 N–H and O–H groups in total. The van der Waals surface area contributed by atoms with Crippen LogP contribution in [0.25, 0.3) is 0 Å². The third-order valence-electron chi connectivity index (χ3n) is 5.55. The second-order valence-electron chi connectivity index (χ2n) is 7.62. The van der Waals surface area contributed by atoms with E-state index in [1.54, 1.807) is 30.3 Å². The van der Waals surface area contributed by atoms with Crippen molar-refractivity contribution < 1.29 is 34.2 Å². The molecule has 0 spiro atoms. The second kappa shape index (κ2) is 9.02. The first-order valence-corrected chi connectivity index (χ1v) is 9.89. The maximum Gasteiger partial charge on any atom is 0.408 e. The molecule has 0 aromatic heterocycles. The standard InChI is InChI=1S/C20H24N4O7/c1-11(19(28)29)10-21-17(26)14-7-8-23(20(30)31)15-9-13(18(27)24(14)15)22-16(25)12-5-3-2-4-6-12/h2-6,11,13-15H,7-10H2,1H3,(H,21,26)(H,22,25)(H,28,29)(H,30,31). The van der Waals surface area contributed by atoms with E-state index in [0.717, 1.165) is 4.90 Å². The number of nitrogens with one attached hydrogen (secondary N) is 2. The van der Waals surface area contributed by atoms with Crippen molar-refractivity contribution in [2.45, 2.75) is 38.0 Å². The van der Waals surface area contributed by atoms with Gasteiger partial charge in [-0.1, -0.05) is 25.1 Å². The minimum absolute atomic E-state index is 0.0129. The van der Waals surface area contributed by atoms with E-state index in [9.17, 15) is 29.1 Å². The third-order valence-corrected chi connectivity index (χ3v) is 5.55. The van der Waals surface area contributed by atoms with Gasteiger partial charge in [-0.2, -0.15) is 0 Å². The smallest absolute Gasteiger partial charge is 0.408 e. The maximum absolute atomic E-state index is 13.1. The number of aliphatic carboxylic acids is 1. The van der Waals surface area contributed by atoms with Crippen LogP contribution in [-0.2, 0) is 14.4 Å². The summed E-state index contributed by atoms with van der Waals surface area (Å²) in [5, 5.41) is 23.6. The summed E-state index contributed by atoms with van der Waals surface area (Å²) in [5.41, 5.74) is 0.354. The molecule has 0 bridgehead atoms. The van der Waals surface area contributed by atoms with Crippen molar-refractivity contribution in [3.05, 3.63) is 35.9 Å². The van der Waals surface area contributed by atoms with E-state index in [1.807, 2.05) is 0 Å². The number of carboxylic acid groups (broad SMARTS) is 2. The van der Waals surface area contributed by atoms with Gasteiger partial charge in [-0.05, 0) is 18.6 Å². The van der Waals surface area contributed by atoms with Crippen LogP contribution < -0.4 is 10.6 Å². The Bertz CT molecular complexity index is 891. The number of amides is 4. The van der Waals surface area contributed by atoms with E-state index >= 15 is 0 Å². The fraction of sp³-hybridized carbons (Fsp3) is 0.450. The molecule has 11 nitrogen and oxygen atoms in total. The van der Waals surface area contributed by atoms with E-state index in [1.165, 1.54) is 11.8 Å². The first-order chi connectivity index (χ1) is 14.7. The van der Waals surface area contributed by atoms with E-state index in [4.69, 9.17) is 5.11 Å². The molecule has 166 valence electrons. The Labute approximate surface area is 178 Å². The molecule has 2 fully saturated rings. The number of hydrogen-bond donors (Lipinski definition) is 4. The van der Waals surface area contributed by atoms with Crippen LogP contribution >= 0.6 is 0 Å². The zero-order valence-corrected chi connectivity index (χ0v) is 16.9. The highest BCUT2D eigenvalue weighted by Crippen LogP contribution is 2.31. The van der Waals surface area contributed by atoms with Crippen molar-refractivity contribution >= 4 is 29.8 Å². The molecule has 0 saturated carbocycles. The normalized spacial score (nSPS) is 23.6. The van der Waals surface area contributed by atoms with Crippen LogP contribution in [0.1, 0.15) is 30.1 Å². The molecule has 11 heteroatoms. The summed E-state index contributed by atoms with van der Waals surface area (Å²) < 4.78 is 0. The molecule has 1 aromatic carbocycles. The molecule has 31 heavy (non-hydrogen) atoms. The molecule has 2 heterocycles. The molecule has 4 unspecified atom stereocenters. The number of carboxylic acids is 1. The largest absolute Gasteiger partial charge is 0.481 e. The first kappa shape index (κ1) is 22.1. The second-order valence-corrected chi connectivity index (χ2v) is 7.62. The molecule has 1 aromatic rings.